The van der Waals surface area contributed by atoms with Gasteiger partial charge in [0.05, 0.1) is 48.8 Å². The second-order valence-electron chi connectivity index (χ2n) is 7.36. The number of carbonyl (C=O) groups is 1. The average Bonchev–Trinajstić information content (AvgIpc) is 2.59. The average molecular weight is 386 g/mol. The summed E-state index contributed by atoms with van der Waals surface area (Å²) in [6.45, 7) is 0.999. The van der Waals surface area contributed by atoms with Gasteiger partial charge < -0.3 is 14.1 Å². The quantitative estimate of drug-likeness (QED) is 0.316. The molecule has 1 fully saturated rings. The molecule has 1 aliphatic rings. The van der Waals surface area contributed by atoms with Crippen LogP contribution in [0.1, 0.15) is 25.7 Å². The Morgan fingerprint density at radius 1 is 1.04 bits per heavy atom. The number of hydrogen-bond donors (Lipinski definition) is 1. The van der Waals surface area contributed by atoms with E-state index in [1.54, 1.807) is 0 Å². The summed E-state index contributed by atoms with van der Waals surface area (Å²) in [7, 11) is -3.96. The molecule has 0 aromatic heterocycles. The van der Waals surface area contributed by atoms with Gasteiger partial charge in [-0.2, -0.15) is 0 Å². The Hall–Kier alpha value is -0.710. The van der Waals surface area contributed by atoms with Crippen molar-refractivity contribution in [2.75, 3.05) is 44.4 Å². The van der Waals surface area contributed by atoms with Gasteiger partial charge in [-0.1, -0.05) is 6.42 Å². The van der Waals surface area contributed by atoms with E-state index < -0.39 is 37.6 Å². The summed E-state index contributed by atoms with van der Waals surface area (Å²) in [4.78, 5) is 10.4. The highest BCUT2D eigenvalue weighted by molar-refractivity contribution is 7.91. The van der Waals surface area contributed by atoms with E-state index in [0.29, 0.717) is 36.8 Å². The number of quaternary nitrogens is 1. The number of sulfone groups is 1. The van der Waals surface area contributed by atoms with Crippen LogP contribution in [0.25, 0.3) is 0 Å². The van der Waals surface area contributed by atoms with Crippen LogP contribution in [0.3, 0.4) is 0 Å². The van der Waals surface area contributed by atoms with Crippen molar-refractivity contribution in [2.24, 2.45) is 11.8 Å². The third-order valence-electron chi connectivity index (χ3n) is 4.36. The topological polar surface area (TPSA) is 129 Å². The Morgan fingerprint density at radius 3 is 2.08 bits per heavy atom. The summed E-state index contributed by atoms with van der Waals surface area (Å²) < 4.78 is 58.2. The minimum Gasteiger partial charge on any atom is -0.748 e. The number of carboxylic acid groups (broad SMARTS) is 1. The van der Waals surface area contributed by atoms with Gasteiger partial charge in [0.15, 0.2) is 9.84 Å². The summed E-state index contributed by atoms with van der Waals surface area (Å²) in [5, 5.41) is 8.54. The van der Waals surface area contributed by atoms with Gasteiger partial charge in [0.2, 0.25) is 0 Å². The van der Waals surface area contributed by atoms with E-state index in [0.717, 1.165) is 0 Å². The van der Waals surface area contributed by atoms with E-state index in [2.05, 4.69) is 0 Å². The molecule has 1 N–H and O–H groups in total. The molecular weight excluding hydrogens is 358 g/mol. The van der Waals surface area contributed by atoms with E-state index in [-0.39, 0.29) is 23.8 Å². The first-order valence-corrected chi connectivity index (χ1v) is 11.4. The lowest BCUT2D eigenvalue weighted by Gasteiger charge is -2.23. The first-order valence-electron chi connectivity index (χ1n) is 7.97. The molecule has 0 spiro atoms. The zero-order valence-electron chi connectivity index (χ0n) is 14.2. The molecule has 1 heterocycles. The zero-order chi connectivity index (χ0) is 18.6. The van der Waals surface area contributed by atoms with Crippen molar-refractivity contribution < 1.29 is 35.8 Å². The van der Waals surface area contributed by atoms with Crippen LogP contribution in [0.15, 0.2) is 0 Å². The zero-order valence-corrected chi connectivity index (χ0v) is 15.8. The van der Waals surface area contributed by atoms with Gasteiger partial charge in [0.1, 0.15) is 0 Å². The SMILES string of the molecule is C[N+]1(C)CC(CS(=O)(=O)[O-])C(CS(=O)(=O)CCCCCC(=O)O)C1. The first kappa shape index (κ1) is 21.3. The van der Waals surface area contributed by atoms with Crippen LogP contribution in [-0.2, 0) is 24.7 Å². The molecule has 0 radical (unpaired) electrons. The van der Waals surface area contributed by atoms with E-state index in [1.165, 1.54) is 0 Å². The van der Waals surface area contributed by atoms with E-state index in [4.69, 9.17) is 5.11 Å². The largest absolute Gasteiger partial charge is 0.748 e. The molecule has 0 aliphatic carbocycles. The Bertz CT molecular complexity index is 640. The summed E-state index contributed by atoms with van der Waals surface area (Å²) in [6.07, 6.45) is 1.38. The molecule has 0 aromatic carbocycles. The van der Waals surface area contributed by atoms with Gasteiger partial charge in [0.25, 0.3) is 0 Å². The molecular formula is C14H27NO7S2. The fourth-order valence-corrected chi connectivity index (χ4v) is 6.21. The fraction of sp³-hybridized carbons (Fsp3) is 0.929. The number of aliphatic carboxylic acids is 1. The van der Waals surface area contributed by atoms with Gasteiger partial charge in [0, 0.05) is 24.0 Å². The van der Waals surface area contributed by atoms with Crippen LogP contribution < -0.4 is 0 Å². The normalized spacial score (nSPS) is 24.1. The molecule has 1 aliphatic heterocycles. The summed E-state index contributed by atoms with van der Waals surface area (Å²) in [5.41, 5.74) is 0. The van der Waals surface area contributed by atoms with Crippen LogP contribution in [-0.4, -0.2) is 81.4 Å². The summed E-state index contributed by atoms with van der Waals surface area (Å²) in [6, 6.07) is 0. The minimum absolute atomic E-state index is 0.0256. The molecule has 10 heteroatoms. The van der Waals surface area contributed by atoms with Gasteiger partial charge in [-0.15, -0.1) is 0 Å². The maximum absolute atomic E-state index is 12.3. The molecule has 24 heavy (non-hydrogen) atoms. The summed E-state index contributed by atoms with van der Waals surface area (Å²) >= 11 is 0. The molecule has 2 atom stereocenters. The fourth-order valence-electron chi connectivity index (χ4n) is 3.47. The molecule has 1 rings (SSSR count). The van der Waals surface area contributed by atoms with Crippen molar-refractivity contribution in [1.29, 1.82) is 0 Å². The smallest absolute Gasteiger partial charge is 0.303 e. The van der Waals surface area contributed by atoms with Gasteiger partial charge >= 0.3 is 5.97 Å². The van der Waals surface area contributed by atoms with Crippen molar-refractivity contribution >= 4 is 25.9 Å². The lowest BCUT2D eigenvalue weighted by molar-refractivity contribution is -0.880. The minimum atomic E-state index is -4.39. The van der Waals surface area contributed by atoms with E-state index >= 15 is 0 Å². The molecule has 8 nitrogen and oxygen atoms in total. The van der Waals surface area contributed by atoms with Crippen molar-refractivity contribution in [3.63, 3.8) is 0 Å². The number of hydrogen-bond acceptors (Lipinski definition) is 6. The standard InChI is InChI=1S/C14H27NO7S2/c1-15(2)8-12(13(9-15)11-24(20,21)22)10-23(18,19)7-5-3-4-6-14(16)17/h12-13H,3-11H2,1-2H3,(H-,16,17,20,21,22). The molecule has 0 saturated carbocycles. The third kappa shape index (κ3) is 8.41. The lowest BCUT2D eigenvalue weighted by atomic mass is 10.0. The van der Waals surface area contributed by atoms with Crippen molar-refractivity contribution in [3.8, 4) is 0 Å². The lowest BCUT2D eigenvalue weighted by Crippen LogP contribution is -2.37. The van der Waals surface area contributed by atoms with Crippen molar-refractivity contribution in [3.05, 3.63) is 0 Å². The van der Waals surface area contributed by atoms with Crippen molar-refractivity contribution in [1.82, 2.24) is 0 Å². The second kappa shape index (κ2) is 8.11. The Kier molecular flexibility index (Phi) is 7.21. The predicted octanol–water partition coefficient (Wildman–Crippen LogP) is -0.0862. The van der Waals surface area contributed by atoms with E-state index in [9.17, 15) is 26.2 Å². The highest BCUT2D eigenvalue weighted by Crippen LogP contribution is 2.29. The van der Waals surface area contributed by atoms with Crippen LogP contribution in [0.2, 0.25) is 0 Å². The van der Waals surface area contributed by atoms with Gasteiger partial charge in [-0.3, -0.25) is 4.79 Å². The number of likely N-dealkylation sites (tertiary alicyclic amines) is 1. The van der Waals surface area contributed by atoms with Crippen LogP contribution in [0.4, 0.5) is 0 Å². The molecule has 0 amide bonds. The Labute approximate surface area is 144 Å². The predicted molar refractivity (Wildman–Crippen MR) is 88.1 cm³/mol. The van der Waals surface area contributed by atoms with E-state index in [1.807, 2.05) is 14.1 Å². The highest BCUT2D eigenvalue weighted by atomic mass is 32.2. The van der Waals surface area contributed by atoms with Gasteiger partial charge in [-0.25, -0.2) is 16.8 Å². The first-order chi connectivity index (χ1) is 10.8. The van der Waals surface area contributed by atoms with Crippen LogP contribution in [0, 0.1) is 11.8 Å². The molecule has 0 bridgehead atoms. The number of carboxylic acids is 1. The third-order valence-corrected chi connectivity index (χ3v) is 7.04. The van der Waals surface area contributed by atoms with Gasteiger partial charge in [-0.05, 0) is 12.8 Å². The Balaban J connectivity index is 2.58. The Morgan fingerprint density at radius 2 is 1.58 bits per heavy atom. The molecule has 142 valence electrons. The molecule has 2 unspecified atom stereocenters. The van der Waals surface area contributed by atoms with Crippen LogP contribution >= 0.6 is 0 Å². The highest BCUT2D eigenvalue weighted by Gasteiger charge is 2.42. The molecule has 0 aromatic rings. The maximum atomic E-state index is 12.3. The summed E-state index contributed by atoms with van der Waals surface area (Å²) in [5.74, 6) is -2.35. The number of nitrogens with zero attached hydrogens (tertiary/aromatic N) is 1. The van der Waals surface area contributed by atoms with Crippen molar-refractivity contribution in [2.45, 2.75) is 25.7 Å². The van der Waals surface area contributed by atoms with Crippen LogP contribution in [0.5, 0.6) is 0 Å². The molecule has 1 saturated heterocycles. The number of rotatable bonds is 10. The number of unbranched alkanes of at least 4 members (excludes halogenated alkanes) is 2. The monoisotopic (exact) mass is 385 g/mol. The second-order valence-corrected chi connectivity index (χ2v) is 11.0. The maximum Gasteiger partial charge on any atom is 0.303 e.